The first-order valence-corrected chi connectivity index (χ1v) is 7.02. The molecule has 0 bridgehead atoms. The van der Waals surface area contributed by atoms with Gasteiger partial charge in [-0.1, -0.05) is 31.9 Å². The Bertz CT molecular complexity index is 380. The Kier molecular flexibility index (Phi) is 7.47. The van der Waals surface area contributed by atoms with Crippen molar-refractivity contribution >= 4 is 11.8 Å². The van der Waals surface area contributed by atoms with Crippen LogP contribution in [0.4, 0.5) is 10.5 Å². The van der Waals surface area contributed by atoms with E-state index < -0.39 is 6.09 Å². The van der Waals surface area contributed by atoms with Gasteiger partial charge in [-0.3, -0.25) is 0 Å². The number of carbonyl (C=O) groups is 1. The minimum absolute atomic E-state index is 0.503. The van der Waals surface area contributed by atoms with Crippen molar-refractivity contribution in [2.45, 2.75) is 39.0 Å². The van der Waals surface area contributed by atoms with Gasteiger partial charge in [0, 0.05) is 18.8 Å². The molecule has 4 nitrogen and oxygen atoms in total. The van der Waals surface area contributed by atoms with Gasteiger partial charge in [-0.15, -0.1) is 0 Å². The van der Waals surface area contributed by atoms with Crippen molar-refractivity contribution in [1.82, 2.24) is 5.32 Å². The van der Waals surface area contributed by atoms with Crippen molar-refractivity contribution < 1.29 is 9.90 Å². The standard InChI is InChI=1S/C15H24N2O2/c1-2-3-4-10-16-14-9-5-7-13(12-14)8-6-11-17-15(18)19/h5,7,9,12,16-17H,2-4,6,8,10-11H2,1H3,(H,18,19). The van der Waals surface area contributed by atoms with Gasteiger partial charge in [-0.05, 0) is 37.0 Å². The van der Waals surface area contributed by atoms with E-state index >= 15 is 0 Å². The molecule has 0 fully saturated rings. The Labute approximate surface area is 115 Å². The van der Waals surface area contributed by atoms with E-state index in [2.05, 4.69) is 35.8 Å². The molecular formula is C15H24N2O2. The zero-order valence-corrected chi connectivity index (χ0v) is 11.6. The Morgan fingerprint density at radius 1 is 1.21 bits per heavy atom. The van der Waals surface area contributed by atoms with E-state index in [4.69, 9.17) is 5.11 Å². The quantitative estimate of drug-likeness (QED) is 0.598. The van der Waals surface area contributed by atoms with Crippen LogP contribution in [0.2, 0.25) is 0 Å². The summed E-state index contributed by atoms with van der Waals surface area (Å²) in [5.41, 5.74) is 2.40. The van der Waals surface area contributed by atoms with Gasteiger partial charge < -0.3 is 15.7 Å². The molecule has 0 spiro atoms. The summed E-state index contributed by atoms with van der Waals surface area (Å²) in [4.78, 5) is 10.3. The largest absolute Gasteiger partial charge is 0.465 e. The molecule has 0 heterocycles. The summed E-state index contributed by atoms with van der Waals surface area (Å²) in [5.74, 6) is 0. The molecule has 3 N–H and O–H groups in total. The Morgan fingerprint density at radius 2 is 2.05 bits per heavy atom. The molecule has 1 aromatic carbocycles. The number of benzene rings is 1. The second kappa shape index (κ2) is 9.25. The number of carboxylic acid groups (broad SMARTS) is 1. The third-order valence-corrected chi connectivity index (χ3v) is 2.95. The summed E-state index contributed by atoms with van der Waals surface area (Å²) >= 11 is 0. The van der Waals surface area contributed by atoms with Crippen LogP contribution in [-0.2, 0) is 6.42 Å². The topological polar surface area (TPSA) is 61.4 Å². The second-order valence-electron chi connectivity index (χ2n) is 4.67. The fraction of sp³-hybridized carbons (Fsp3) is 0.533. The molecular weight excluding hydrogens is 240 g/mol. The highest BCUT2D eigenvalue weighted by atomic mass is 16.4. The number of hydrogen-bond acceptors (Lipinski definition) is 2. The van der Waals surface area contributed by atoms with Crippen molar-refractivity contribution in [2.24, 2.45) is 0 Å². The van der Waals surface area contributed by atoms with E-state index in [1.807, 2.05) is 6.07 Å². The fourth-order valence-corrected chi connectivity index (χ4v) is 1.93. The molecule has 0 atom stereocenters. The lowest BCUT2D eigenvalue weighted by molar-refractivity contribution is 0.194. The monoisotopic (exact) mass is 264 g/mol. The lowest BCUT2D eigenvalue weighted by Crippen LogP contribution is -2.22. The number of rotatable bonds is 9. The SMILES string of the molecule is CCCCCNc1cccc(CCCNC(=O)O)c1. The normalized spacial score (nSPS) is 10.2. The van der Waals surface area contributed by atoms with Crippen LogP contribution < -0.4 is 10.6 Å². The summed E-state index contributed by atoms with van der Waals surface area (Å²) in [7, 11) is 0. The van der Waals surface area contributed by atoms with Gasteiger partial charge in [0.25, 0.3) is 0 Å². The number of unbranched alkanes of at least 4 members (excludes halogenated alkanes) is 2. The molecule has 19 heavy (non-hydrogen) atoms. The van der Waals surface area contributed by atoms with E-state index in [0.717, 1.165) is 25.1 Å². The molecule has 1 rings (SSSR count). The molecule has 0 aliphatic rings. The van der Waals surface area contributed by atoms with Crippen molar-refractivity contribution in [2.75, 3.05) is 18.4 Å². The van der Waals surface area contributed by atoms with Crippen molar-refractivity contribution in [3.05, 3.63) is 29.8 Å². The first-order chi connectivity index (χ1) is 9.22. The maximum atomic E-state index is 10.3. The number of anilines is 1. The molecule has 0 saturated heterocycles. The van der Waals surface area contributed by atoms with Crippen molar-refractivity contribution in [1.29, 1.82) is 0 Å². The molecule has 0 aliphatic carbocycles. The van der Waals surface area contributed by atoms with Crippen molar-refractivity contribution in [3.63, 3.8) is 0 Å². The lowest BCUT2D eigenvalue weighted by Gasteiger charge is -2.08. The van der Waals surface area contributed by atoms with Gasteiger partial charge in [0.2, 0.25) is 0 Å². The first kappa shape index (κ1) is 15.3. The molecule has 1 aromatic rings. The third kappa shape index (κ3) is 7.34. The van der Waals surface area contributed by atoms with Crippen LogP contribution in [0.1, 0.15) is 38.2 Å². The van der Waals surface area contributed by atoms with E-state index in [1.165, 1.54) is 24.8 Å². The lowest BCUT2D eigenvalue weighted by atomic mass is 10.1. The molecule has 0 aromatic heterocycles. The first-order valence-electron chi connectivity index (χ1n) is 7.02. The van der Waals surface area contributed by atoms with Crippen LogP contribution in [0.15, 0.2) is 24.3 Å². The molecule has 4 heteroatoms. The second-order valence-corrected chi connectivity index (χ2v) is 4.67. The van der Waals surface area contributed by atoms with Crippen LogP contribution in [0.3, 0.4) is 0 Å². The predicted molar refractivity (Wildman–Crippen MR) is 78.8 cm³/mol. The Morgan fingerprint density at radius 3 is 2.79 bits per heavy atom. The van der Waals surface area contributed by atoms with Gasteiger partial charge in [0.05, 0.1) is 0 Å². The van der Waals surface area contributed by atoms with Gasteiger partial charge >= 0.3 is 6.09 Å². The highest BCUT2D eigenvalue weighted by Crippen LogP contribution is 2.12. The molecule has 0 radical (unpaired) electrons. The van der Waals surface area contributed by atoms with Crippen LogP contribution in [0.5, 0.6) is 0 Å². The van der Waals surface area contributed by atoms with E-state index in [1.54, 1.807) is 0 Å². The number of hydrogen-bond donors (Lipinski definition) is 3. The summed E-state index contributed by atoms with van der Waals surface area (Å²) in [6.45, 7) is 3.72. The maximum Gasteiger partial charge on any atom is 0.404 e. The summed E-state index contributed by atoms with van der Waals surface area (Å²) in [6, 6.07) is 8.34. The summed E-state index contributed by atoms with van der Waals surface area (Å²) < 4.78 is 0. The average Bonchev–Trinajstić information content (AvgIpc) is 2.40. The highest BCUT2D eigenvalue weighted by Gasteiger charge is 1.98. The van der Waals surface area contributed by atoms with Crippen LogP contribution in [-0.4, -0.2) is 24.3 Å². The molecule has 0 saturated carbocycles. The van der Waals surface area contributed by atoms with E-state index in [9.17, 15) is 4.79 Å². The van der Waals surface area contributed by atoms with E-state index in [-0.39, 0.29) is 0 Å². The molecule has 106 valence electrons. The highest BCUT2D eigenvalue weighted by molar-refractivity contribution is 5.64. The minimum atomic E-state index is -0.952. The van der Waals surface area contributed by atoms with Gasteiger partial charge in [-0.2, -0.15) is 0 Å². The van der Waals surface area contributed by atoms with Gasteiger partial charge in [-0.25, -0.2) is 4.79 Å². The Balaban J connectivity index is 2.28. The smallest absolute Gasteiger partial charge is 0.404 e. The zero-order valence-electron chi connectivity index (χ0n) is 11.6. The third-order valence-electron chi connectivity index (χ3n) is 2.95. The summed E-state index contributed by atoms with van der Waals surface area (Å²) in [5, 5.41) is 14.3. The molecule has 0 aliphatic heterocycles. The predicted octanol–water partition coefficient (Wildman–Crippen LogP) is 3.49. The minimum Gasteiger partial charge on any atom is -0.465 e. The van der Waals surface area contributed by atoms with Crippen LogP contribution >= 0.6 is 0 Å². The van der Waals surface area contributed by atoms with Crippen LogP contribution in [0.25, 0.3) is 0 Å². The average molecular weight is 264 g/mol. The molecule has 1 amide bonds. The van der Waals surface area contributed by atoms with Crippen molar-refractivity contribution in [3.8, 4) is 0 Å². The maximum absolute atomic E-state index is 10.3. The van der Waals surface area contributed by atoms with E-state index in [0.29, 0.717) is 6.54 Å². The fourth-order valence-electron chi connectivity index (χ4n) is 1.93. The number of aryl methyl sites for hydroxylation is 1. The van der Waals surface area contributed by atoms with Gasteiger partial charge in [0.1, 0.15) is 0 Å². The Hall–Kier alpha value is -1.71. The number of nitrogens with one attached hydrogen (secondary N) is 2. The molecule has 0 unspecified atom stereocenters. The van der Waals surface area contributed by atoms with Gasteiger partial charge in [0.15, 0.2) is 0 Å². The number of amides is 1. The van der Waals surface area contributed by atoms with Crippen LogP contribution in [0, 0.1) is 0 Å². The zero-order chi connectivity index (χ0) is 13.9. The summed E-state index contributed by atoms with van der Waals surface area (Å²) in [6.07, 6.45) is 4.46.